The number of aliphatic carboxylic acids is 1. The van der Waals surface area contributed by atoms with Gasteiger partial charge in [0.15, 0.2) is 6.10 Å². The van der Waals surface area contributed by atoms with E-state index >= 15 is 0 Å². The van der Waals surface area contributed by atoms with Gasteiger partial charge in [0.2, 0.25) is 0 Å². The van der Waals surface area contributed by atoms with Crippen molar-refractivity contribution in [2.45, 2.75) is 25.4 Å². The van der Waals surface area contributed by atoms with E-state index < -0.39 is 18.0 Å². The second-order valence-electron chi connectivity index (χ2n) is 5.52. The molecule has 2 heterocycles. The molecule has 5 nitrogen and oxygen atoms in total. The summed E-state index contributed by atoms with van der Waals surface area (Å²) in [7, 11) is 0. The average Bonchev–Trinajstić information content (AvgIpc) is 2.89. The van der Waals surface area contributed by atoms with E-state index in [1.807, 2.05) is 0 Å². The van der Waals surface area contributed by atoms with E-state index in [0.717, 1.165) is 5.56 Å². The SMILES string of the molecule is O=C(O)[C@H]1CCCN(C(=O)C2Cc3cc(Cl)ccc3O2)C1. The number of piperidine rings is 1. The van der Waals surface area contributed by atoms with Crippen LogP contribution in [0.25, 0.3) is 0 Å². The molecule has 0 spiro atoms. The number of rotatable bonds is 2. The average molecular weight is 310 g/mol. The highest BCUT2D eigenvalue weighted by molar-refractivity contribution is 6.30. The lowest BCUT2D eigenvalue weighted by Gasteiger charge is -2.32. The Labute approximate surface area is 127 Å². The van der Waals surface area contributed by atoms with Crippen LogP contribution in [0, 0.1) is 5.92 Å². The lowest BCUT2D eigenvalue weighted by atomic mass is 9.97. The maximum absolute atomic E-state index is 12.5. The third kappa shape index (κ3) is 2.83. The van der Waals surface area contributed by atoms with Crippen LogP contribution in [0.2, 0.25) is 5.02 Å². The van der Waals surface area contributed by atoms with E-state index in [0.29, 0.717) is 36.6 Å². The maximum atomic E-state index is 12.5. The Balaban J connectivity index is 1.68. The Morgan fingerprint density at radius 2 is 2.19 bits per heavy atom. The summed E-state index contributed by atoms with van der Waals surface area (Å²) in [6.07, 6.45) is 1.27. The number of carbonyl (C=O) groups excluding carboxylic acids is 1. The fourth-order valence-corrected chi connectivity index (χ4v) is 3.13. The van der Waals surface area contributed by atoms with Crippen LogP contribution in [-0.2, 0) is 16.0 Å². The molecule has 1 amide bonds. The number of hydrogen-bond acceptors (Lipinski definition) is 3. The zero-order valence-electron chi connectivity index (χ0n) is 11.4. The number of fused-ring (bicyclic) bond motifs is 1. The van der Waals surface area contributed by atoms with Crippen LogP contribution in [0.15, 0.2) is 18.2 Å². The van der Waals surface area contributed by atoms with Crippen molar-refractivity contribution in [2.24, 2.45) is 5.92 Å². The van der Waals surface area contributed by atoms with Gasteiger partial charge in [-0.3, -0.25) is 9.59 Å². The molecular formula is C15H16ClNO4. The highest BCUT2D eigenvalue weighted by Gasteiger charge is 2.35. The topological polar surface area (TPSA) is 66.8 Å². The van der Waals surface area contributed by atoms with Crippen LogP contribution in [0.1, 0.15) is 18.4 Å². The smallest absolute Gasteiger partial charge is 0.308 e. The van der Waals surface area contributed by atoms with Gasteiger partial charge in [-0.25, -0.2) is 0 Å². The van der Waals surface area contributed by atoms with Crippen LogP contribution in [0.4, 0.5) is 0 Å². The van der Waals surface area contributed by atoms with Crippen LogP contribution in [-0.4, -0.2) is 41.1 Å². The Morgan fingerprint density at radius 3 is 2.95 bits per heavy atom. The molecule has 0 bridgehead atoms. The van der Waals surface area contributed by atoms with E-state index in [1.165, 1.54) is 0 Å². The number of amides is 1. The van der Waals surface area contributed by atoms with Gasteiger partial charge in [0.05, 0.1) is 5.92 Å². The molecule has 1 unspecified atom stereocenters. The molecule has 6 heteroatoms. The first-order chi connectivity index (χ1) is 10.0. The standard InChI is InChI=1S/C15H16ClNO4/c16-11-3-4-12-10(6-11)7-13(21-12)14(18)17-5-1-2-9(8-17)15(19)20/h3-4,6,9,13H,1-2,5,7-8H2,(H,19,20)/t9-,13?/m0/s1. The first-order valence-electron chi connectivity index (χ1n) is 7.01. The molecular weight excluding hydrogens is 294 g/mol. The molecule has 2 aliphatic rings. The lowest BCUT2D eigenvalue weighted by Crippen LogP contribution is -2.47. The minimum Gasteiger partial charge on any atom is -0.481 e. The third-order valence-corrected chi connectivity index (χ3v) is 4.29. The quantitative estimate of drug-likeness (QED) is 0.907. The lowest BCUT2D eigenvalue weighted by molar-refractivity contribution is -0.147. The number of hydrogen-bond donors (Lipinski definition) is 1. The monoisotopic (exact) mass is 309 g/mol. The molecule has 0 aliphatic carbocycles. The summed E-state index contributed by atoms with van der Waals surface area (Å²) < 4.78 is 5.68. The Morgan fingerprint density at radius 1 is 1.38 bits per heavy atom. The van der Waals surface area contributed by atoms with E-state index in [-0.39, 0.29) is 12.5 Å². The molecule has 3 rings (SSSR count). The summed E-state index contributed by atoms with van der Waals surface area (Å²) in [6.45, 7) is 0.866. The van der Waals surface area contributed by atoms with Crippen molar-refractivity contribution in [1.82, 2.24) is 4.90 Å². The van der Waals surface area contributed by atoms with E-state index in [4.69, 9.17) is 21.4 Å². The molecule has 0 aromatic heterocycles. The van der Waals surface area contributed by atoms with Gasteiger partial charge < -0.3 is 14.7 Å². The number of likely N-dealkylation sites (tertiary alicyclic amines) is 1. The van der Waals surface area contributed by atoms with Gasteiger partial charge >= 0.3 is 5.97 Å². The minimum absolute atomic E-state index is 0.131. The molecule has 1 aromatic carbocycles. The molecule has 2 atom stereocenters. The second kappa shape index (κ2) is 5.56. The second-order valence-corrected chi connectivity index (χ2v) is 5.96. The van der Waals surface area contributed by atoms with E-state index in [2.05, 4.69) is 0 Å². The summed E-state index contributed by atoms with van der Waals surface area (Å²) in [5.74, 6) is -0.756. The molecule has 0 radical (unpaired) electrons. The zero-order valence-corrected chi connectivity index (χ0v) is 12.2. The highest BCUT2D eigenvalue weighted by atomic mass is 35.5. The van der Waals surface area contributed by atoms with Crippen LogP contribution < -0.4 is 4.74 Å². The molecule has 112 valence electrons. The molecule has 1 aromatic rings. The number of carbonyl (C=O) groups is 2. The van der Waals surface area contributed by atoms with Crippen molar-refractivity contribution < 1.29 is 19.4 Å². The highest BCUT2D eigenvalue weighted by Crippen LogP contribution is 2.32. The van der Waals surface area contributed by atoms with Crippen LogP contribution >= 0.6 is 11.6 Å². The summed E-state index contributed by atoms with van der Waals surface area (Å²) in [6, 6.07) is 5.30. The zero-order chi connectivity index (χ0) is 15.0. The summed E-state index contributed by atoms with van der Waals surface area (Å²) in [5, 5.41) is 9.71. The number of ether oxygens (including phenoxy) is 1. The molecule has 1 fully saturated rings. The summed E-state index contributed by atoms with van der Waals surface area (Å²) in [4.78, 5) is 25.2. The molecule has 1 saturated heterocycles. The van der Waals surface area contributed by atoms with E-state index in [9.17, 15) is 9.59 Å². The molecule has 21 heavy (non-hydrogen) atoms. The Hall–Kier alpha value is -1.75. The van der Waals surface area contributed by atoms with Crippen molar-refractivity contribution in [3.8, 4) is 5.75 Å². The first-order valence-corrected chi connectivity index (χ1v) is 7.39. The number of benzene rings is 1. The van der Waals surface area contributed by atoms with Crippen LogP contribution in [0.3, 0.4) is 0 Å². The van der Waals surface area contributed by atoms with Gasteiger partial charge in [0.25, 0.3) is 5.91 Å². The minimum atomic E-state index is -0.838. The van der Waals surface area contributed by atoms with Crippen molar-refractivity contribution >= 4 is 23.5 Å². The summed E-state index contributed by atoms with van der Waals surface area (Å²) >= 11 is 5.94. The molecule has 1 N–H and O–H groups in total. The van der Waals surface area contributed by atoms with Crippen LogP contribution in [0.5, 0.6) is 5.75 Å². The van der Waals surface area contributed by atoms with Gasteiger partial charge in [0.1, 0.15) is 5.75 Å². The van der Waals surface area contributed by atoms with Gasteiger partial charge in [-0.15, -0.1) is 0 Å². The van der Waals surface area contributed by atoms with Crippen molar-refractivity contribution in [3.63, 3.8) is 0 Å². The predicted molar refractivity (Wildman–Crippen MR) is 76.5 cm³/mol. The number of carboxylic acid groups (broad SMARTS) is 1. The van der Waals surface area contributed by atoms with Gasteiger partial charge in [-0.05, 0) is 36.6 Å². The van der Waals surface area contributed by atoms with Gasteiger partial charge in [-0.1, -0.05) is 11.6 Å². The normalized spacial score (nSPS) is 24.3. The number of halogens is 1. The number of carboxylic acids is 1. The van der Waals surface area contributed by atoms with Crippen molar-refractivity contribution in [2.75, 3.05) is 13.1 Å². The Kier molecular flexibility index (Phi) is 3.76. The number of nitrogens with zero attached hydrogens (tertiary/aromatic N) is 1. The fourth-order valence-electron chi connectivity index (χ4n) is 2.94. The summed E-state index contributed by atoms with van der Waals surface area (Å²) in [5.41, 5.74) is 0.924. The maximum Gasteiger partial charge on any atom is 0.308 e. The molecule has 0 saturated carbocycles. The van der Waals surface area contributed by atoms with E-state index in [1.54, 1.807) is 23.1 Å². The Bertz CT molecular complexity index is 589. The van der Waals surface area contributed by atoms with Gasteiger partial charge in [0, 0.05) is 24.5 Å². The third-order valence-electron chi connectivity index (χ3n) is 4.05. The molecule has 2 aliphatic heterocycles. The van der Waals surface area contributed by atoms with Crippen molar-refractivity contribution in [3.05, 3.63) is 28.8 Å². The fraction of sp³-hybridized carbons (Fsp3) is 0.467. The van der Waals surface area contributed by atoms with Gasteiger partial charge in [-0.2, -0.15) is 0 Å². The first kappa shape index (κ1) is 14.2. The largest absolute Gasteiger partial charge is 0.481 e. The predicted octanol–water partition coefficient (Wildman–Crippen LogP) is 1.97. The van der Waals surface area contributed by atoms with Crippen molar-refractivity contribution in [1.29, 1.82) is 0 Å².